The van der Waals surface area contributed by atoms with Crippen molar-refractivity contribution in [1.29, 1.82) is 0 Å². The zero-order valence-corrected chi connectivity index (χ0v) is 14.0. The predicted molar refractivity (Wildman–Crippen MR) is 86.6 cm³/mol. The zero-order valence-electron chi connectivity index (χ0n) is 11.6. The molecule has 5 heteroatoms. The van der Waals surface area contributed by atoms with Crippen molar-refractivity contribution in [2.24, 2.45) is 0 Å². The Morgan fingerprint density at radius 3 is 2.70 bits per heavy atom. The molecule has 3 nitrogen and oxygen atoms in total. The largest absolute Gasteiger partial charge is 0.465 e. The Morgan fingerprint density at radius 1 is 1.35 bits per heavy atom. The van der Waals surface area contributed by atoms with Crippen molar-refractivity contribution in [2.75, 3.05) is 12.4 Å². The molecule has 20 heavy (non-hydrogen) atoms. The van der Waals surface area contributed by atoms with E-state index in [2.05, 4.69) is 34.2 Å². The third-order valence-corrected chi connectivity index (χ3v) is 4.86. The summed E-state index contributed by atoms with van der Waals surface area (Å²) in [4.78, 5) is 12.8. The number of carbonyl (C=O) groups is 1. The number of ether oxygens (including phenoxy) is 1. The van der Waals surface area contributed by atoms with Gasteiger partial charge in [0.2, 0.25) is 0 Å². The standard InChI is InChI=1S/C15H16BrNO2S/c1-9-4-5-11(15(18)19-3)8-12(9)17-10(2)13-6-7-14(16)20-13/h4-8,10,17H,1-3H3. The Balaban J connectivity index is 2.22. The summed E-state index contributed by atoms with van der Waals surface area (Å²) in [6.07, 6.45) is 0. The highest BCUT2D eigenvalue weighted by atomic mass is 79.9. The van der Waals surface area contributed by atoms with Gasteiger partial charge in [0, 0.05) is 10.6 Å². The molecule has 1 atom stereocenters. The normalized spacial score (nSPS) is 12.0. The van der Waals surface area contributed by atoms with Crippen molar-refractivity contribution in [3.05, 3.63) is 50.1 Å². The second kappa shape index (κ2) is 6.41. The number of benzene rings is 1. The zero-order chi connectivity index (χ0) is 14.7. The SMILES string of the molecule is COC(=O)c1ccc(C)c(NC(C)c2ccc(Br)s2)c1. The highest BCUT2D eigenvalue weighted by Crippen LogP contribution is 2.30. The van der Waals surface area contributed by atoms with E-state index in [4.69, 9.17) is 4.74 Å². The van der Waals surface area contributed by atoms with Gasteiger partial charge in [-0.25, -0.2) is 4.79 Å². The molecule has 0 aliphatic heterocycles. The number of halogens is 1. The summed E-state index contributed by atoms with van der Waals surface area (Å²) in [6.45, 7) is 4.11. The Hall–Kier alpha value is -1.33. The topological polar surface area (TPSA) is 38.3 Å². The average Bonchev–Trinajstić information content (AvgIpc) is 2.87. The van der Waals surface area contributed by atoms with Crippen LogP contribution in [0.2, 0.25) is 0 Å². The number of methoxy groups -OCH3 is 1. The minimum Gasteiger partial charge on any atom is -0.465 e. The summed E-state index contributed by atoms with van der Waals surface area (Å²) < 4.78 is 5.87. The molecule has 0 spiro atoms. The Morgan fingerprint density at radius 2 is 2.10 bits per heavy atom. The van der Waals surface area contributed by atoms with E-state index in [0.29, 0.717) is 5.56 Å². The fraction of sp³-hybridized carbons (Fsp3) is 0.267. The number of carbonyl (C=O) groups excluding carboxylic acids is 1. The number of anilines is 1. The van der Waals surface area contributed by atoms with Crippen LogP contribution in [0.15, 0.2) is 34.1 Å². The number of thiophene rings is 1. The second-order valence-corrected chi connectivity index (χ2v) is 7.02. The van der Waals surface area contributed by atoms with Crippen LogP contribution in [0.25, 0.3) is 0 Å². The first-order valence-corrected chi connectivity index (χ1v) is 7.83. The maximum Gasteiger partial charge on any atom is 0.337 e. The Labute approximate surface area is 131 Å². The third-order valence-electron chi connectivity index (χ3n) is 3.05. The van der Waals surface area contributed by atoms with Gasteiger partial charge in [-0.2, -0.15) is 0 Å². The maximum absolute atomic E-state index is 11.6. The fourth-order valence-electron chi connectivity index (χ4n) is 1.89. The molecule has 106 valence electrons. The lowest BCUT2D eigenvalue weighted by molar-refractivity contribution is 0.0601. The van der Waals surface area contributed by atoms with Crippen molar-refractivity contribution in [3.63, 3.8) is 0 Å². The molecule has 1 aromatic heterocycles. The number of nitrogens with one attached hydrogen (secondary N) is 1. The van der Waals surface area contributed by atoms with Gasteiger partial charge in [0.25, 0.3) is 0 Å². The van der Waals surface area contributed by atoms with Gasteiger partial charge < -0.3 is 10.1 Å². The van der Waals surface area contributed by atoms with Crippen molar-refractivity contribution >= 4 is 38.9 Å². The summed E-state index contributed by atoms with van der Waals surface area (Å²) in [6, 6.07) is 9.84. The molecular weight excluding hydrogens is 338 g/mol. The molecule has 1 N–H and O–H groups in total. The van der Waals surface area contributed by atoms with Crippen LogP contribution in [0.3, 0.4) is 0 Å². The van der Waals surface area contributed by atoms with Crippen LogP contribution >= 0.6 is 27.3 Å². The van der Waals surface area contributed by atoms with E-state index in [1.165, 1.54) is 12.0 Å². The van der Waals surface area contributed by atoms with E-state index >= 15 is 0 Å². The summed E-state index contributed by atoms with van der Waals surface area (Å²) in [7, 11) is 1.39. The molecule has 2 rings (SSSR count). The summed E-state index contributed by atoms with van der Waals surface area (Å²) in [5.74, 6) is -0.320. The molecule has 0 saturated carbocycles. The van der Waals surface area contributed by atoms with Crippen LogP contribution in [0.5, 0.6) is 0 Å². The van der Waals surface area contributed by atoms with Gasteiger partial charge in [-0.3, -0.25) is 0 Å². The number of aryl methyl sites for hydroxylation is 1. The highest BCUT2D eigenvalue weighted by molar-refractivity contribution is 9.11. The summed E-state index contributed by atoms with van der Waals surface area (Å²) >= 11 is 5.17. The van der Waals surface area contributed by atoms with E-state index in [1.54, 1.807) is 17.4 Å². The van der Waals surface area contributed by atoms with Crippen molar-refractivity contribution in [3.8, 4) is 0 Å². The molecule has 0 radical (unpaired) electrons. The van der Waals surface area contributed by atoms with Crippen molar-refractivity contribution in [2.45, 2.75) is 19.9 Å². The molecular formula is C15H16BrNO2S. The molecule has 1 heterocycles. The van der Waals surface area contributed by atoms with Crippen molar-refractivity contribution < 1.29 is 9.53 Å². The third kappa shape index (κ3) is 3.41. The lowest BCUT2D eigenvalue weighted by Crippen LogP contribution is -2.08. The van der Waals surface area contributed by atoms with Crippen LogP contribution in [-0.2, 0) is 4.74 Å². The highest BCUT2D eigenvalue weighted by Gasteiger charge is 2.12. The van der Waals surface area contributed by atoms with Gasteiger partial charge in [0.1, 0.15) is 0 Å². The van der Waals surface area contributed by atoms with E-state index in [1.807, 2.05) is 25.1 Å². The van der Waals surface area contributed by atoms with Crippen LogP contribution in [0, 0.1) is 6.92 Å². The molecule has 0 bridgehead atoms. The molecule has 1 unspecified atom stereocenters. The molecule has 0 amide bonds. The van der Waals surface area contributed by atoms with Crippen LogP contribution in [0.1, 0.15) is 33.8 Å². The molecule has 0 fully saturated rings. The molecule has 0 aliphatic rings. The van der Waals surface area contributed by atoms with Gasteiger partial charge in [-0.15, -0.1) is 11.3 Å². The quantitative estimate of drug-likeness (QED) is 0.803. The minimum atomic E-state index is -0.320. The maximum atomic E-state index is 11.6. The van der Waals surface area contributed by atoms with Gasteiger partial charge in [0.05, 0.1) is 22.5 Å². The summed E-state index contributed by atoms with van der Waals surface area (Å²) in [5, 5.41) is 3.44. The van der Waals surface area contributed by atoms with E-state index in [9.17, 15) is 4.79 Å². The molecule has 0 aliphatic carbocycles. The molecule has 2 aromatic rings. The first kappa shape index (κ1) is 15.1. The average molecular weight is 354 g/mol. The van der Waals surface area contributed by atoms with Crippen LogP contribution in [0.4, 0.5) is 5.69 Å². The van der Waals surface area contributed by atoms with Crippen molar-refractivity contribution in [1.82, 2.24) is 0 Å². The molecule has 0 saturated heterocycles. The van der Waals surface area contributed by atoms with E-state index in [-0.39, 0.29) is 12.0 Å². The number of hydrogen-bond acceptors (Lipinski definition) is 4. The van der Waals surface area contributed by atoms with Gasteiger partial charge in [-0.05, 0) is 59.6 Å². The fourth-order valence-corrected chi connectivity index (χ4v) is 3.31. The van der Waals surface area contributed by atoms with Gasteiger partial charge in [-0.1, -0.05) is 6.07 Å². The number of hydrogen-bond donors (Lipinski definition) is 1. The lowest BCUT2D eigenvalue weighted by atomic mass is 10.1. The van der Waals surface area contributed by atoms with E-state index < -0.39 is 0 Å². The number of esters is 1. The summed E-state index contributed by atoms with van der Waals surface area (Å²) in [5.41, 5.74) is 2.60. The van der Waals surface area contributed by atoms with Crippen LogP contribution in [-0.4, -0.2) is 13.1 Å². The lowest BCUT2D eigenvalue weighted by Gasteiger charge is -2.16. The van der Waals surface area contributed by atoms with E-state index in [0.717, 1.165) is 15.0 Å². The Kier molecular flexibility index (Phi) is 4.83. The smallest absolute Gasteiger partial charge is 0.337 e. The minimum absolute atomic E-state index is 0.179. The predicted octanol–water partition coefficient (Wildman–Crippen LogP) is 4.78. The molecule has 1 aromatic carbocycles. The van der Waals surface area contributed by atoms with Crippen LogP contribution < -0.4 is 5.32 Å². The van der Waals surface area contributed by atoms with Gasteiger partial charge in [0.15, 0.2) is 0 Å². The first-order valence-electron chi connectivity index (χ1n) is 6.22. The Bertz CT molecular complexity index is 624. The first-order chi connectivity index (χ1) is 9.51. The number of rotatable bonds is 4. The monoisotopic (exact) mass is 353 g/mol. The van der Waals surface area contributed by atoms with Gasteiger partial charge >= 0.3 is 5.97 Å². The second-order valence-electron chi connectivity index (χ2n) is 4.53.